The number of halogens is 4. The molecule has 0 N–H and O–H groups in total. The summed E-state index contributed by atoms with van der Waals surface area (Å²) in [5.74, 6) is -1.12. The summed E-state index contributed by atoms with van der Waals surface area (Å²) < 4.78 is 53.1. The zero-order valence-corrected chi connectivity index (χ0v) is 11.7. The van der Waals surface area contributed by atoms with Crippen LogP contribution in [0.4, 0.5) is 17.6 Å². The molecular formula is C14H16F4N2O. The van der Waals surface area contributed by atoms with Crippen LogP contribution in [0.2, 0.25) is 0 Å². The summed E-state index contributed by atoms with van der Waals surface area (Å²) in [4.78, 5) is 14.1. The van der Waals surface area contributed by atoms with Crippen LogP contribution in [0.15, 0.2) is 24.3 Å². The highest BCUT2D eigenvalue weighted by molar-refractivity contribution is 5.74. The molecule has 1 aliphatic rings. The molecule has 0 radical (unpaired) electrons. The number of carbonyl (C=O) groups excluding carboxylic acids is 1. The topological polar surface area (TPSA) is 23.6 Å². The van der Waals surface area contributed by atoms with E-state index < -0.39 is 23.4 Å². The SMILES string of the molecule is CC(=O)N(Cc1ccc(F)cc1)C1(C(F)(F)F)CN(C)C1. The molecule has 1 heterocycles. The maximum Gasteiger partial charge on any atom is 0.414 e. The molecule has 7 heteroatoms. The Morgan fingerprint density at radius 2 is 1.81 bits per heavy atom. The number of amides is 1. The minimum atomic E-state index is -4.51. The van der Waals surface area contributed by atoms with E-state index >= 15 is 0 Å². The molecule has 21 heavy (non-hydrogen) atoms. The Labute approximate surface area is 120 Å². The highest BCUT2D eigenvalue weighted by Crippen LogP contribution is 2.42. The van der Waals surface area contributed by atoms with Crippen LogP contribution in [0.25, 0.3) is 0 Å². The van der Waals surface area contributed by atoms with Gasteiger partial charge in [0.1, 0.15) is 5.82 Å². The van der Waals surface area contributed by atoms with Gasteiger partial charge >= 0.3 is 6.18 Å². The van der Waals surface area contributed by atoms with Crippen molar-refractivity contribution in [2.75, 3.05) is 20.1 Å². The summed E-state index contributed by atoms with van der Waals surface area (Å²) in [5, 5.41) is 0. The Balaban J connectivity index is 2.29. The molecule has 0 spiro atoms. The Morgan fingerprint density at radius 3 is 2.19 bits per heavy atom. The van der Waals surface area contributed by atoms with Gasteiger partial charge < -0.3 is 9.80 Å². The van der Waals surface area contributed by atoms with Crippen molar-refractivity contribution in [1.82, 2.24) is 9.80 Å². The standard InChI is InChI=1S/C14H16F4N2O/c1-10(21)20(7-11-3-5-12(15)6-4-11)13(14(16,17)18)8-19(2)9-13/h3-6H,7-9H2,1-2H3. The zero-order valence-electron chi connectivity index (χ0n) is 11.7. The molecule has 1 amide bonds. The number of likely N-dealkylation sites (N-methyl/N-ethyl adjacent to an activating group) is 1. The van der Waals surface area contributed by atoms with Crippen LogP contribution in [-0.2, 0) is 11.3 Å². The van der Waals surface area contributed by atoms with Crippen LogP contribution in [0.3, 0.4) is 0 Å². The van der Waals surface area contributed by atoms with Crippen molar-refractivity contribution < 1.29 is 22.4 Å². The summed E-state index contributed by atoms with van der Waals surface area (Å²) in [6.07, 6.45) is -4.51. The highest BCUT2D eigenvalue weighted by Gasteiger charge is 2.65. The Hall–Kier alpha value is -1.63. The summed E-state index contributed by atoms with van der Waals surface area (Å²) in [6, 6.07) is 5.11. The average Bonchev–Trinajstić information content (AvgIpc) is 2.32. The molecule has 1 aromatic rings. The second-order valence-corrected chi connectivity index (χ2v) is 5.43. The number of likely N-dealkylation sites (tertiary alicyclic amines) is 1. The van der Waals surface area contributed by atoms with E-state index in [0.29, 0.717) is 5.56 Å². The second kappa shape index (κ2) is 5.29. The molecule has 116 valence electrons. The van der Waals surface area contributed by atoms with E-state index in [1.54, 1.807) is 7.05 Å². The lowest BCUT2D eigenvalue weighted by Crippen LogP contribution is -2.76. The van der Waals surface area contributed by atoms with Gasteiger partial charge in [0.15, 0.2) is 5.54 Å². The van der Waals surface area contributed by atoms with Gasteiger partial charge in [-0.3, -0.25) is 4.79 Å². The van der Waals surface area contributed by atoms with Gasteiger partial charge in [0.05, 0.1) is 0 Å². The van der Waals surface area contributed by atoms with Crippen molar-refractivity contribution in [3.63, 3.8) is 0 Å². The van der Waals surface area contributed by atoms with Crippen LogP contribution >= 0.6 is 0 Å². The second-order valence-electron chi connectivity index (χ2n) is 5.43. The zero-order chi connectivity index (χ0) is 15.8. The molecule has 0 aliphatic carbocycles. The number of alkyl halides is 3. The molecule has 1 aromatic carbocycles. The fourth-order valence-electron chi connectivity index (χ4n) is 2.69. The normalized spacial score (nSPS) is 18.2. The summed E-state index contributed by atoms with van der Waals surface area (Å²) >= 11 is 0. The van der Waals surface area contributed by atoms with Crippen molar-refractivity contribution in [3.05, 3.63) is 35.6 Å². The summed E-state index contributed by atoms with van der Waals surface area (Å²) in [5.41, 5.74) is -1.70. The molecule has 1 saturated heterocycles. The lowest BCUT2D eigenvalue weighted by atomic mass is 9.86. The van der Waals surface area contributed by atoms with Crippen molar-refractivity contribution in [2.24, 2.45) is 0 Å². The van der Waals surface area contributed by atoms with Crippen molar-refractivity contribution in [2.45, 2.75) is 25.2 Å². The smallest absolute Gasteiger partial charge is 0.322 e. The van der Waals surface area contributed by atoms with E-state index in [2.05, 4.69) is 0 Å². The van der Waals surface area contributed by atoms with Gasteiger partial charge in [0.2, 0.25) is 5.91 Å². The third-order valence-electron chi connectivity index (χ3n) is 3.74. The van der Waals surface area contributed by atoms with Gasteiger partial charge in [0.25, 0.3) is 0 Å². The first-order valence-corrected chi connectivity index (χ1v) is 6.44. The predicted molar refractivity (Wildman–Crippen MR) is 68.9 cm³/mol. The van der Waals surface area contributed by atoms with Gasteiger partial charge in [-0.05, 0) is 24.7 Å². The molecule has 2 rings (SSSR count). The van der Waals surface area contributed by atoms with Gasteiger partial charge in [-0.2, -0.15) is 13.2 Å². The molecule has 0 saturated carbocycles. The molecule has 0 atom stereocenters. The van der Waals surface area contributed by atoms with E-state index in [-0.39, 0.29) is 19.6 Å². The maximum atomic E-state index is 13.4. The van der Waals surface area contributed by atoms with E-state index in [1.807, 2.05) is 0 Å². The maximum absolute atomic E-state index is 13.4. The fourth-order valence-corrected chi connectivity index (χ4v) is 2.69. The van der Waals surface area contributed by atoms with Crippen LogP contribution in [0.5, 0.6) is 0 Å². The largest absolute Gasteiger partial charge is 0.414 e. The van der Waals surface area contributed by atoms with Crippen molar-refractivity contribution in [3.8, 4) is 0 Å². The first kappa shape index (κ1) is 15.8. The predicted octanol–water partition coefficient (Wildman–Crippen LogP) is 2.42. The highest BCUT2D eigenvalue weighted by atomic mass is 19.4. The van der Waals surface area contributed by atoms with Crippen LogP contribution in [0.1, 0.15) is 12.5 Å². The van der Waals surface area contributed by atoms with E-state index in [9.17, 15) is 22.4 Å². The minimum absolute atomic E-state index is 0.192. The Morgan fingerprint density at radius 1 is 1.29 bits per heavy atom. The van der Waals surface area contributed by atoms with Gasteiger partial charge in [-0.1, -0.05) is 12.1 Å². The van der Waals surface area contributed by atoms with Gasteiger partial charge in [-0.25, -0.2) is 4.39 Å². The molecule has 0 bridgehead atoms. The lowest BCUT2D eigenvalue weighted by Gasteiger charge is -2.54. The molecule has 1 aliphatic heterocycles. The fraction of sp³-hybridized carbons (Fsp3) is 0.500. The Bertz CT molecular complexity index is 521. The van der Waals surface area contributed by atoms with E-state index in [0.717, 1.165) is 11.8 Å². The summed E-state index contributed by atoms with van der Waals surface area (Å²) in [7, 11) is 1.57. The van der Waals surface area contributed by atoms with E-state index in [1.165, 1.54) is 29.2 Å². The van der Waals surface area contributed by atoms with Crippen molar-refractivity contribution >= 4 is 5.91 Å². The Kier molecular flexibility index (Phi) is 3.97. The first-order chi connectivity index (χ1) is 9.65. The quantitative estimate of drug-likeness (QED) is 0.801. The third kappa shape index (κ3) is 2.88. The molecule has 1 fully saturated rings. The monoisotopic (exact) mass is 304 g/mol. The number of nitrogens with zero attached hydrogens (tertiary/aromatic N) is 2. The number of rotatable bonds is 3. The van der Waals surface area contributed by atoms with Crippen LogP contribution in [-0.4, -0.2) is 47.6 Å². The molecule has 0 unspecified atom stereocenters. The van der Waals surface area contributed by atoms with Crippen LogP contribution in [0, 0.1) is 5.82 Å². The average molecular weight is 304 g/mol. The molecular weight excluding hydrogens is 288 g/mol. The third-order valence-corrected chi connectivity index (χ3v) is 3.74. The number of carbonyl (C=O) groups is 1. The number of hydrogen-bond acceptors (Lipinski definition) is 2. The number of benzene rings is 1. The van der Waals surface area contributed by atoms with Crippen molar-refractivity contribution in [1.29, 1.82) is 0 Å². The van der Waals surface area contributed by atoms with E-state index in [4.69, 9.17) is 0 Å². The van der Waals surface area contributed by atoms with Gasteiger partial charge in [0, 0.05) is 26.6 Å². The minimum Gasteiger partial charge on any atom is -0.322 e. The van der Waals surface area contributed by atoms with Gasteiger partial charge in [-0.15, -0.1) is 0 Å². The lowest BCUT2D eigenvalue weighted by molar-refractivity contribution is -0.268. The number of hydrogen-bond donors (Lipinski definition) is 0. The molecule has 0 aromatic heterocycles. The van der Waals surface area contributed by atoms with Crippen LogP contribution < -0.4 is 0 Å². The summed E-state index contributed by atoms with van der Waals surface area (Å²) in [6.45, 7) is 0.423. The first-order valence-electron chi connectivity index (χ1n) is 6.44. The molecule has 3 nitrogen and oxygen atoms in total.